The van der Waals surface area contributed by atoms with E-state index < -0.39 is 5.60 Å². The highest BCUT2D eigenvalue weighted by Crippen LogP contribution is 2.31. The van der Waals surface area contributed by atoms with E-state index in [0.717, 1.165) is 47.6 Å². The van der Waals surface area contributed by atoms with Crippen molar-refractivity contribution in [2.75, 3.05) is 19.0 Å². The molecule has 0 fully saturated rings. The van der Waals surface area contributed by atoms with Crippen molar-refractivity contribution in [3.05, 3.63) is 16.0 Å². The van der Waals surface area contributed by atoms with Gasteiger partial charge in [0.2, 0.25) is 0 Å². The van der Waals surface area contributed by atoms with E-state index in [1.54, 1.807) is 7.11 Å². The fourth-order valence-electron chi connectivity index (χ4n) is 2.01. The number of ether oxygens (including phenoxy) is 1. The summed E-state index contributed by atoms with van der Waals surface area (Å²) in [6.45, 7) is 11.6. The quantitative estimate of drug-likeness (QED) is 0.742. The Morgan fingerprint density at radius 2 is 1.95 bits per heavy atom. The number of nitrogens with one attached hydrogen (secondary N) is 1. The first-order valence-corrected chi connectivity index (χ1v) is 8.53. The lowest BCUT2D eigenvalue weighted by atomic mass is 10.0. The van der Waals surface area contributed by atoms with Crippen molar-refractivity contribution in [1.29, 1.82) is 0 Å². The van der Waals surface area contributed by atoms with Gasteiger partial charge in [-0.2, -0.15) is 0 Å². The molecular weight excluding hydrogens is 330 g/mol. The molecule has 0 saturated carbocycles. The molecule has 21 heavy (non-hydrogen) atoms. The second-order valence-electron chi connectivity index (χ2n) is 5.97. The second kappa shape index (κ2) is 8.08. The van der Waals surface area contributed by atoms with Crippen molar-refractivity contribution in [2.45, 2.75) is 59.5 Å². The Labute approximate surface area is 137 Å². The molecule has 4 nitrogen and oxygen atoms in total. The highest BCUT2D eigenvalue weighted by atomic mass is 79.9. The Hall–Kier alpha value is -0.680. The van der Waals surface area contributed by atoms with Gasteiger partial charge < -0.3 is 10.1 Å². The fourth-order valence-corrected chi connectivity index (χ4v) is 2.49. The van der Waals surface area contributed by atoms with Gasteiger partial charge in [-0.3, -0.25) is 0 Å². The molecule has 1 aromatic rings. The first-order valence-electron chi connectivity index (χ1n) is 7.73. The highest BCUT2D eigenvalue weighted by molar-refractivity contribution is 9.10. The van der Waals surface area contributed by atoms with Crippen molar-refractivity contribution in [3.63, 3.8) is 0 Å². The fraction of sp³-hybridized carbons (Fsp3) is 0.750. The Morgan fingerprint density at radius 1 is 1.29 bits per heavy atom. The molecular formula is C16H28BrN3O. The molecule has 1 unspecified atom stereocenters. The third-order valence-corrected chi connectivity index (χ3v) is 4.50. The van der Waals surface area contributed by atoms with Gasteiger partial charge in [0.15, 0.2) is 5.82 Å². The van der Waals surface area contributed by atoms with E-state index in [-0.39, 0.29) is 0 Å². The van der Waals surface area contributed by atoms with Crippen molar-refractivity contribution in [1.82, 2.24) is 9.97 Å². The first-order chi connectivity index (χ1) is 9.87. The number of methoxy groups -OCH3 is 1. The average molecular weight is 358 g/mol. The van der Waals surface area contributed by atoms with E-state index >= 15 is 0 Å². The number of halogens is 1. The average Bonchev–Trinajstić information content (AvgIpc) is 2.46. The number of anilines is 1. The van der Waals surface area contributed by atoms with E-state index in [1.807, 2.05) is 6.92 Å². The summed E-state index contributed by atoms with van der Waals surface area (Å²) < 4.78 is 6.64. The molecule has 0 amide bonds. The van der Waals surface area contributed by atoms with Gasteiger partial charge in [0.05, 0.1) is 10.2 Å². The molecule has 0 bridgehead atoms. The largest absolute Gasteiger partial charge is 0.371 e. The summed E-state index contributed by atoms with van der Waals surface area (Å²) in [6.07, 6.45) is 2.81. The number of aromatic nitrogens is 2. The van der Waals surface area contributed by atoms with Crippen LogP contribution >= 0.6 is 15.9 Å². The van der Waals surface area contributed by atoms with Crippen LogP contribution in [0.2, 0.25) is 0 Å². The van der Waals surface area contributed by atoms with Gasteiger partial charge in [0, 0.05) is 13.7 Å². The third kappa shape index (κ3) is 4.65. The number of hydrogen-bond donors (Lipinski definition) is 1. The van der Waals surface area contributed by atoms with Crippen LogP contribution in [-0.4, -0.2) is 23.6 Å². The molecule has 5 heteroatoms. The third-order valence-electron chi connectivity index (χ3n) is 3.66. The minimum Gasteiger partial charge on any atom is -0.371 e. The number of nitrogens with zero attached hydrogens (tertiary/aromatic N) is 2. The molecule has 1 rings (SSSR count). The molecule has 0 aliphatic carbocycles. The van der Waals surface area contributed by atoms with Crippen molar-refractivity contribution in [3.8, 4) is 0 Å². The second-order valence-corrected chi connectivity index (χ2v) is 6.76. The molecule has 0 spiro atoms. The van der Waals surface area contributed by atoms with Crippen molar-refractivity contribution in [2.24, 2.45) is 5.92 Å². The molecule has 1 atom stereocenters. The monoisotopic (exact) mass is 357 g/mol. The van der Waals surface area contributed by atoms with Gasteiger partial charge in [0.1, 0.15) is 11.4 Å². The molecule has 0 saturated heterocycles. The Bertz CT molecular complexity index is 459. The van der Waals surface area contributed by atoms with Crippen LogP contribution in [-0.2, 0) is 16.8 Å². The van der Waals surface area contributed by atoms with Crippen LogP contribution < -0.4 is 5.32 Å². The molecule has 0 radical (unpaired) electrons. The molecule has 1 aromatic heterocycles. The predicted molar refractivity (Wildman–Crippen MR) is 91.7 cm³/mol. The van der Waals surface area contributed by atoms with Gasteiger partial charge in [0.25, 0.3) is 0 Å². The predicted octanol–water partition coefficient (Wildman–Crippen LogP) is 4.53. The van der Waals surface area contributed by atoms with Crippen molar-refractivity contribution < 1.29 is 4.74 Å². The summed E-state index contributed by atoms with van der Waals surface area (Å²) in [5.41, 5.74) is 0.597. The van der Waals surface area contributed by atoms with E-state index in [4.69, 9.17) is 14.7 Å². The van der Waals surface area contributed by atoms with Crippen LogP contribution in [0.15, 0.2) is 4.47 Å². The highest BCUT2D eigenvalue weighted by Gasteiger charge is 2.29. The first kappa shape index (κ1) is 18.4. The number of rotatable bonds is 8. The lowest BCUT2D eigenvalue weighted by Crippen LogP contribution is -2.27. The minimum absolute atomic E-state index is 0.449. The smallest absolute Gasteiger partial charge is 0.162 e. The Morgan fingerprint density at radius 3 is 2.43 bits per heavy atom. The maximum atomic E-state index is 5.66. The zero-order valence-electron chi connectivity index (χ0n) is 14.1. The van der Waals surface area contributed by atoms with Crippen molar-refractivity contribution >= 4 is 21.7 Å². The maximum Gasteiger partial charge on any atom is 0.162 e. The van der Waals surface area contributed by atoms with E-state index in [0.29, 0.717) is 5.92 Å². The van der Waals surface area contributed by atoms with E-state index in [9.17, 15) is 0 Å². The van der Waals surface area contributed by atoms with E-state index in [1.165, 1.54) is 0 Å². The molecule has 1 heterocycles. The summed E-state index contributed by atoms with van der Waals surface area (Å²) in [7, 11) is 1.72. The zero-order chi connectivity index (χ0) is 16.0. The Balaban J connectivity index is 3.31. The molecule has 120 valence electrons. The molecule has 0 aliphatic rings. The summed E-state index contributed by atoms with van der Waals surface area (Å²) in [5.74, 6) is 2.16. The number of hydrogen-bond acceptors (Lipinski definition) is 4. The van der Waals surface area contributed by atoms with Gasteiger partial charge in [-0.15, -0.1) is 0 Å². The van der Waals surface area contributed by atoms with E-state index in [2.05, 4.69) is 48.9 Å². The molecule has 0 aliphatic heterocycles. The summed E-state index contributed by atoms with van der Waals surface area (Å²) in [4.78, 5) is 9.47. The minimum atomic E-state index is -0.449. The van der Waals surface area contributed by atoms with Gasteiger partial charge in [-0.25, -0.2) is 9.97 Å². The lowest BCUT2D eigenvalue weighted by Gasteiger charge is -2.26. The zero-order valence-corrected chi connectivity index (χ0v) is 15.7. The van der Waals surface area contributed by atoms with Gasteiger partial charge >= 0.3 is 0 Å². The lowest BCUT2D eigenvalue weighted by molar-refractivity contribution is -0.00909. The van der Waals surface area contributed by atoms with Crippen LogP contribution in [0, 0.1) is 5.92 Å². The van der Waals surface area contributed by atoms with Crippen LogP contribution in [0.4, 0.5) is 5.82 Å². The summed E-state index contributed by atoms with van der Waals surface area (Å²) in [6, 6.07) is 0. The summed E-state index contributed by atoms with van der Waals surface area (Å²) in [5, 5.41) is 3.38. The molecule has 0 aromatic carbocycles. The van der Waals surface area contributed by atoms with Crippen LogP contribution in [0.1, 0.15) is 59.0 Å². The summed E-state index contributed by atoms with van der Waals surface area (Å²) >= 11 is 3.66. The molecule has 1 N–H and O–H groups in total. The maximum absolute atomic E-state index is 5.66. The standard InChI is InChI=1S/C16H28BrN3O/c1-7-9-18-14-13(17)12(10-11(3)4)19-15(20-14)16(5,8-2)21-6/h11H,7-10H2,1-6H3,(H,18,19,20). The normalized spacial score (nSPS) is 14.3. The Kier molecular flexibility index (Phi) is 7.07. The van der Waals surface area contributed by atoms with Gasteiger partial charge in [-0.1, -0.05) is 27.7 Å². The van der Waals surface area contributed by atoms with Crippen LogP contribution in [0.5, 0.6) is 0 Å². The SMILES string of the molecule is CCCNc1nc(C(C)(CC)OC)nc(CC(C)C)c1Br. The van der Waals surface area contributed by atoms with Crippen LogP contribution in [0.25, 0.3) is 0 Å². The van der Waals surface area contributed by atoms with Crippen LogP contribution in [0.3, 0.4) is 0 Å². The topological polar surface area (TPSA) is 47.0 Å². The van der Waals surface area contributed by atoms with Gasteiger partial charge in [-0.05, 0) is 48.0 Å².